The van der Waals surface area contributed by atoms with E-state index < -0.39 is 0 Å². The van der Waals surface area contributed by atoms with E-state index in [2.05, 4.69) is 47.9 Å². The number of aromatic nitrogens is 2. The summed E-state index contributed by atoms with van der Waals surface area (Å²) < 4.78 is 5.55. The zero-order chi connectivity index (χ0) is 30.9. The number of fused-ring (bicyclic) bond motifs is 1. The highest BCUT2D eigenvalue weighted by atomic mass is 32.2. The van der Waals surface area contributed by atoms with Crippen molar-refractivity contribution in [3.05, 3.63) is 83.9 Å². The van der Waals surface area contributed by atoms with Gasteiger partial charge in [-0.25, -0.2) is 4.98 Å². The fourth-order valence-electron chi connectivity index (χ4n) is 5.80. The molecule has 3 aromatic carbocycles. The Hall–Kier alpha value is -3.62. The van der Waals surface area contributed by atoms with Crippen LogP contribution in [0.2, 0.25) is 0 Å². The first-order chi connectivity index (χ1) is 21.4. The molecule has 1 atom stereocenters. The van der Waals surface area contributed by atoms with Crippen LogP contribution < -0.4 is 20.3 Å². The molecule has 1 heterocycles. The van der Waals surface area contributed by atoms with Gasteiger partial charge in [0.25, 0.3) is 0 Å². The summed E-state index contributed by atoms with van der Waals surface area (Å²) in [7, 11) is 4.05. The van der Waals surface area contributed by atoms with Gasteiger partial charge in [0.1, 0.15) is 11.6 Å². The number of nitrogens with one attached hydrogen (secondary N) is 2. The average molecular weight is 612 g/mol. The number of thioether (sulfide) groups is 1. The molecule has 0 aliphatic heterocycles. The molecule has 0 bridgehead atoms. The van der Waals surface area contributed by atoms with Gasteiger partial charge in [0, 0.05) is 54.2 Å². The number of rotatable bonds is 14. The first-order valence-corrected chi connectivity index (χ1v) is 16.7. The lowest BCUT2D eigenvalue weighted by atomic mass is 9.86. The van der Waals surface area contributed by atoms with Gasteiger partial charge in [-0.2, -0.15) is 4.98 Å². The fourth-order valence-corrected chi connectivity index (χ4v) is 6.91. The highest BCUT2D eigenvalue weighted by molar-refractivity contribution is 8.00. The molecule has 0 spiro atoms. The molecule has 1 aliphatic carbocycles. The molecule has 1 unspecified atom stereocenters. The number of carbonyl (C=O) groups excluding carboxylic acids is 1. The van der Waals surface area contributed by atoms with Gasteiger partial charge in [0.15, 0.2) is 5.78 Å². The number of nitrogens with zero attached hydrogens (tertiary/aromatic N) is 3. The van der Waals surface area contributed by atoms with Gasteiger partial charge >= 0.3 is 0 Å². The second kappa shape index (κ2) is 15.4. The maximum absolute atomic E-state index is 13.2. The summed E-state index contributed by atoms with van der Waals surface area (Å²) in [6.45, 7) is 6.43. The molecule has 1 saturated carbocycles. The molecule has 1 aromatic heterocycles. The Bertz CT molecular complexity index is 1500. The molecule has 5 rings (SSSR count). The summed E-state index contributed by atoms with van der Waals surface area (Å²) in [5.74, 6) is 3.23. The highest BCUT2D eigenvalue weighted by Crippen LogP contribution is 2.30. The topological polar surface area (TPSA) is 79.4 Å². The number of hydrogen-bond acceptors (Lipinski definition) is 8. The Morgan fingerprint density at radius 3 is 2.41 bits per heavy atom. The highest BCUT2D eigenvalue weighted by Gasteiger charge is 2.23. The Kier molecular flexibility index (Phi) is 11.1. The van der Waals surface area contributed by atoms with Crippen molar-refractivity contribution in [1.29, 1.82) is 0 Å². The molecule has 0 amide bonds. The Labute approximate surface area is 266 Å². The maximum Gasteiger partial charge on any atom is 0.225 e. The van der Waals surface area contributed by atoms with E-state index in [1.54, 1.807) is 11.8 Å². The fraction of sp³-hybridized carbons (Fsp3) is 0.417. The third kappa shape index (κ3) is 8.73. The Morgan fingerprint density at radius 2 is 1.70 bits per heavy atom. The smallest absolute Gasteiger partial charge is 0.225 e. The monoisotopic (exact) mass is 611 g/mol. The molecule has 44 heavy (non-hydrogen) atoms. The molecule has 8 heteroatoms. The number of Topliss-reactive ketones (excluding diaryl/α,β-unsaturated/α-hetero) is 1. The van der Waals surface area contributed by atoms with Crippen molar-refractivity contribution in [2.24, 2.45) is 5.92 Å². The lowest BCUT2D eigenvalue weighted by Gasteiger charge is -2.30. The standard InChI is InChI=1S/C36H45N5O2S/c1-5-43-29-18-14-27(15-19-29)34(42)22-31(44-30-20-10-25(2)11-21-30)24-37-23-26-12-16-28(17-13-26)38-36-39-33-9-7-6-8-32(33)35(40-36)41(3)4/h6-11,14-15,18-21,26,28,31,37H,5,12-13,16-17,22-24H2,1-4H3,(H,38,39,40)/t26-,28+,31?. The Morgan fingerprint density at radius 1 is 0.977 bits per heavy atom. The number of anilines is 2. The molecule has 2 N–H and O–H groups in total. The van der Waals surface area contributed by atoms with Crippen molar-refractivity contribution in [2.45, 2.75) is 62.1 Å². The molecule has 7 nitrogen and oxygen atoms in total. The van der Waals surface area contributed by atoms with Crippen LogP contribution in [0.25, 0.3) is 10.9 Å². The quantitative estimate of drug-likeness (QED) is 0.113. The van der Waals surface area contributed by atoms with Crippen LogP contribution >= 0.6 is 11.8 Å². The minimum atomic E-state index is 0.144. The van der Waals surface area contributed by atoms with Crippen molar-refractivity contribution < 1.29 is 9.53 Å². The summed E-state index contributed by atoms with van der Waals surface area (Å²) in [6, 6.07) is 24.7. The van der Waals surface area contributed by atoms with E-state index in [0.29, 0.717) is 30.9 Å². The van der Waals surface area contributed by atoms with Crippen molar-refractivity contribution in [3.63, 3.8) is 0 Å². The SMILES string of the molecule is CCOc1ccc(C(=O)CC(CNC[C@H]2CC[C@@H](Nc3nc(N(C)C)c4ccccc4n3)CC2)Sc2ccc(C)cc2)cc1. The van der Waals surface area contributed by atoms with Gasteiger partial charge in [-0.1, -0.05) is 29.8 Å². The van der Waals surface area contributed by atoms with Crippen LogP contribution in [0.5, 0.6) is 5.75 Å². The third-order valence-electron chi connectivity index (χ3n) is 8.22. The minimum Gasteiger partial charge on any atom is -0.494 e. The van der Waals surface area contributed by atoms with Crippen molar-refractivity contribution in [2.75, 3.05) is 44.0 Å². The van der Waals surface area contributed by atoms with Gasteiger partial charge in [-0.05, 0) is 101 Å². The zero-order valence-corrected chi connectivity index (χ0v) is 27.2. The van der Waals surface area contributed by atoms with Crippen LogP contribution in [-0.2, 0) is 0 Å². The molecule has 1 fully saturated rings. The van der Waals surface area contributed by atoms with Gasteiger partial charge in [-0.15, -0.1) is 11.8 Å². The number of para-hydroxylation sites is 1. The molecule has 0 radical (unpaired) electrons. The van der Waals surface area contributed by atoms with Crippen LogP contribution in [0.1, 0.15) is 54.9 Å². The van der Waals surface area contributed by atoms with Gasteiger partial charge in [-0.3, -0.25) is 4.79 Å². The number of hydrogen-bond donors (Lipinski definition) is 2. The van der Waals surface area contributed by atoms with E-state index in [0.717, 1.165) is 66.8 Å². The summed E-state index contributed by atoms with van der Waals surface area (Å²) in [6.07, 6.45) is 4.98. The summed E-state index contributed by atoms with van der Waals surface area (Å²) in [5.41, 5.74) is 2.94. The predicted octanol–water partition coefficient (Wildman–Crippen LogP) is 7.40. The van der Waals surface area contributed by atoms with Crippen LogP contribution in [0.15, 0.2) is 77.7 Å². The van der Waals surface area contributed by atoms with Gasteiger partial charge < -0.3 is 20.3 Å². The number of ether oxygens (including phenoxy) is 1. The van der Waals surface area contributed by atoms with Crippen molar-refractivity contribution in [1.82, 2.24) is 15.3 Å². The lowest BCUT2D eigenvalue weighted by molar-refractivity contribution is 0.0981. The summed E-state index contributed by atoms with van der Waals surface area (Å²) in [5, 5.41) is 8.57. The zero-order valence-electron chi connectivity index (χ0n) is 26.4. The largest absolute Gasteiger partial charge is 0.494 e. The van der Waals surface area contributed by atoms with E-state index >= 15 is 0 Å². The first-order valence-electron chi connectivity index (χ1n) is 15.8. The number of carbonyl (C=O) groups is 1. The van der Waals surface area contributed by atoms with Gasteiger partial charge in [0.05, 0.1) is 12.1 Å². The number of ketones is 1. The number of benzene rings is 3. The van der Waals surface area contributed by atoms with Crippen LogP contribution in [-0.4, -0.2) is 60.8 Å². The van der Waals surface area contributed by atoms with E-state index in [-0.39, 0.29) is 11.0 Å². The molecule has 1 aliphatic rings. The summed E-state index contributed by atoms with van der Waals surface area (Å²) >= 11 is 1.79. The number of aryl methyl sites for hydroxylation is 1. The van der Waals surface area contributed by atoms with E-state index in [1.165, 1.54) is 10.5 Å². The molecular formula is C36H45N5O2S. The third-order valence-corrected chi connectivity index (χ3v) is 9.43. The Balaban J connectivity index is 1.13. The molecule has 4 aromatic rings. The van der Waals surface area contributed by atoms with E-state index in [1.807, 2.05) is 68.4 Å². The van der Waals surface area contributed by atoms with Crippen molar-refractivity contribution in [3.8, 4) is 5.75 Å². The normalized spacial score (nSPS) is 17.3. The summed E-state index contributed by atoms with van der Waals surface area (Å²) in [4.78, 5) is 26.1. The van der Waals surface area contributed by atoms with Crippen LogP contribution in [0.4, 0.5) is 11.8 Å². The second-order valence-electron chi connectivity index (χ2n) is 11.9. The van der Waals surface area contributed by atoms with Gasteiger partial charge in [0.2, 0.25) is 5.95 Å². The minimum absolute atomic E-state index is 0.144. The lowest BCUT2D eigenvalue weighted by Crippen LogP contribution is -2.34. The van der Waals surface area contributed by atoms with E-state index in [4.69, 9.17) is 14.7 Å². The van der Waals surface area contributed by atoms with Crippen LogP contribution in [0, 0.1) is 12.8 Å². The average Bonchev–Trinajstić information content (AvgIpc) is 3.03. The second-order valence-corrected chi connectivity index (χ2v) is 13.3. The molecule has 232 valence electrons. The maximum atomic E-state index is 13.2. The molecular weight excluding hydrogens is 566 g/mol. The van der Waals surface area contributed by atoms with Crippen molar-refractivity contribution >= 4 is 40.2 Å². The molecule has 0 saturated heterocycles. The van der Waals surface area contributed by atoms with E-state index in [9.17, 15) is 4.79 Å². The first kappa shape index (κ1) is 31.8. The predicted molar refractivity (Wildman–Crippen MR) is 183 cm³/mol. The van der Waals surface area contributed by atoms with Crippen LogP contribution in [0.3, 0.4) is 0 Å².